The van der Waals surface area contributed by atoms with Crippen LogP contribution < -0.4 is 0 Å². The first kappa shape index (κ1) is 14.9. The Morgan fingerprint density at radius 1 is 1.00 bits per heavy atom. The van der Waals surface area contributed by atoms with Crippen molar-refractivity contribution < 1.29 is 9.53 Å². The average molecular weight is 333 g/mol. The second-order valence-electron chi connectivity index (χ2n) is 4.57. The van der Waals surface area contributed by atoms with E-state index < -0.39 is 0 Å². The zero-order valence-corrected chi connectivity index (χ0v) is 12.8. The molecule has 0 radical (unpaired) electrons. The van der Waals surface area contributed by atoms with Gasteiger partial charge in [0.15, 0.2) is 5.78 Å². The smallest absolute Gasteiger partial charge is 0.162 e. The summed E-state index contributed by atoms with van der Waals surface area (Å²) in [6, 6.07) is 17.5. The molecule has 0 aliphatic carbocycles. The van der Waals surface area contributed by atoms with Gasteiger partial charge in [0.05, 0.1) is 6.61 Å². The van der Waals surface area contributed by atoms with Crippen molar-refractivity contribution in [3.63, 3.8) is 0 Å². The van der Waals surface area contributed by atoms with E-state index in [1.54, 1.807) is 0 Å². The molecule has 20 heavy (non-hydrogen) atoms. The number of halogens is 1. The van der Waals surface area contributed by atoms with Crippen molar-refractivity contribution >= 4 is 21.7 Å². The Kier molecular flexibility index (Phi) is 5.96. The molecule has 2 aromatic rings. The van der Waals surface area contributed by atoms with Gasteiger partial charge in [0.1, 0.15) is 0 Å². The fraction of sp³-hybridized carbons (Fsp3) is 0.235. The minimum atomic E-state index is 0.167. The van der Waals surface area contributed by atoms with Crippen LogP contribution in [0.1, 0.15) is 28.8 Å². The minimum absolute atomic E-state index is 0.167. The molecule has 0 bridgehead atoms. The molecule has 0 N–H and O–H groups in total. The summed E-state index contributed by atoms with van der Waals surface area (Å²) in [6.45, 7) is 1.21. The van der Waals surface area contributed by atoms with Gasteiger partial charge in [-0.3, -0.25) is 4.79 Å². The van der Waals surface area contributed by atoms with Gasteiger partial charge in [-0.15, -0.1) is 0 Å². The highest BCUT2D eigenvalue weighted by Gasteiger charge is 2.05. The van der Waals surface area contributed by atoms with Crippen LogP contribution in [-0.4, -0.2) is 12.4 Å². The van der Waals surface area contributed by atoms with Crippen LogP contribution in [0.4, 0.5) is 0 Å². The van der Waals surface area contributed by atoms with Crippen molar-refractivity contribution in [2.45, 2.75) is 19.4 Å². The summed E-state index contributed by atoms with van der Waals surface area (Å²) in [5.74, 6) is 0.167. The lowest BCUT2D eigenvalue weighted by Crippen LogP contribution is -2.02. The van der Waals surface area contributed by atoms with Gasteiger partial charge in [-0.25, -0.2) is 0 Å². The predicted octanol–water partition coefficient (Wildman–Crippen LogP) is 4.63. The molecule has 0 saturated heterocycles. The summed E-state index contributed by atoms with van der Waals surface area (Å²) in [7, 11) is 0. The van der Waals surface area contributed by atoms with Crippen LogP contribution in [0.15, 0.2) is 59.1 Å². The van der Waals surface area contributed by atoms with E-state index in [9.17, 15) is 4.79 Å². The molecule has 0 aliphatic heterocycles. The first-order valence-corrected chi connectivity index (χ1v) is 7.45. The molecule has 104 valence electrons. The quantitative estimate of drug-likeness (QED) is 0.545. The molecule has 0 heterocycles. The van der Waals surface area contributed by atoms with Gasteiger partial charge in [-0.1, -0.05) is 58.4 Å². The lowest BCUT2D eigenvalue weighted by atomic mass is 10.1. The van der Waals surface area contributed by atoms with Gasteiger partial charge in [0.25, 0.3) is 0 Å². The van der Waals surface area contributed by atoms with Crippen LogP contribution in [0.25, 0.3) is 0 Å². The SMILES string of the molecule is O=C(CCCOCc1ccccc1)c1ccc(Br)cc1. The molecule has 2 nitrogen and oxygen atoms in total. The lowest BCUT2D eigenvalue weighted by molar-refractivity contribution is 0.0919. The molecule has 0 aliphatic rings. The Balaban J connectivity index is 1.66. The van der Waals surface area contributed by atoms with Crippen LogP contribution in [0.3, 0.4) is 0 Å². The standard InChI is InChI=1S/C17H17BrO2/c18-16-10-8-15(9-11-16)17(19)7-4-12-20-13-14-5-2-1-3-6-14/h1-3,5-6,8-11H,4,7,12-13H2. The third-order valence-corrected chi connectivity index (χ3v) is 3.50. The largest absolute Gasteiger partial charge is 0.377 e. The second kappa shape index (κ2) is 7.98. The van der Waals surface area contributed by atoms with Gasteiger partial charge < -0.3 is 4.74 Å². The normalized spacial score (nSPS) is 10.4. The third kappa shape index (κ3) is 4.91. The molecule has 2 rings (SSSR count). The predicted molar refractivity (Wildman–Crippen MR) is 83.8 cm³/mol. The Labute approximate surface area is 127 Å². The molecule has 0 amide bonds. The van der Waals surface area contributed by atoms with Gasteiger partial charge >= 0.3 is 0 Å². The topological polar surface area (TPSA) is 26.3 Å². The number of ether oxygens (including phenoxy) is 1. The van der Waals surface area contributed by atoms with Crippen molar-refractivity contribution in [3.05, 3.63) is 70.2 Å². The molecular weight excluding hydrogens is 316 g/mol. The number of hydrogen-bond donors (Lipinski definition) is 0. The molecule has 0 atom stereocenters. The average Bonchev–Trinajstić information content (AvgIpc) is 2.48. The lowest BCUT2D eigenvalue weighted by Gasteiger charge is -2.04. The third-order valence-electron chi connectivity index (χ3n) is 2.97. The Morgan fingerprint density at radius 2 is 1.70 bits per heavy atom. The molecule has 0 spiro atoms. The van der Waals surface area contributed by atoms with E-state index in [1.165, 1.54) is 0 Å². The Morgan fingerprint density at radius 3 is 2.40 bits per heavy atom. The Hall–Kier alpha value is -1.45. The first-order chi connectivity index (χ1) is 9.75. The van der Waals surface area contributed by atoms with E-state index in [-0.39, 0.29) is 5.78 Å². The van der Waals surface area contributed by atoms with Crippen molar-refractivity contribution in [3.8, 4) is 0 Å². The van der Waals surface area contributed by atoms with Crippen molar-refractivity contribution in [2.24, 2.45) is 0 Å². The van der Waals surface area contributed by atoms with E-state index in [1.807, 2.05) is 54.6 Å². The maximum atomic E-state index is 11.9. The molecular formula is C17H17BrO2. The summed E-state index contributed by atoms with van der Waals surface area (Å²) in [5, 5.41) is 0. The number of benzene rings is 2. The fourth-order valence-corrected chi connectivity index (χ4v) is 2.14. The van der Waals surface area contributed by atoms with E-state index in [0.717, 1.165) is 22.0 Å². The Bertz CT molecular complexity index is 535. The summed E-state index contributed by atoms with van der Waals surface area (Å²) >= 11 is 3.36. The molecule has 3 heteroatoms. The van der Waals surface area contributed by atoms with Crippen LogP contribution in [0.2, 0.25) is 0 Å². The van der Waals surface area contributed by atoms with Crippen LogP contribution in [0.5, 0.6) is 0 Å². The van der Waals surface area contributed by atoms with E-state index in [4.69, 9.17) is 4.74 Å². The number of carbonyl (C=O) groups excluding carboxylic acids is 1. The highest BCUT2D eigenvalue weighted by Crippen LogP contribution is 2.12. The summed E-state index contributed by atoms with van der Waals surface area (Å²) in [4.78, 5) is 11.9. The monoisotopic (exact) mass is 332 g/mol. The maximum Gasteiger partial charge on any atom is 0.162 e. The van der Waals surface area contributed by atoms with E-state index >= 15 is 0 Å². The van der Waals surface area contributed by atoms with Crippen LogP contribution >= 0.6 is 15.9 Å². The van der Waals surface area contributed by atoms with E-state index in [2.05, 4.69) is 15.9 Å². The van der Waals surface area contributed by atoms with Gasteiger partial charge in [-0.2, -0.15) is 0 Å². The number of rotatable bonds is 7. The first-order valence-electron chi connectivity index (χ1n) is 6.66. The number of ketones is 1. The molecule has 0 aromatic heterocycles. The molecule has 2 aromatic carbocycles. The second-order valence-corrected chi connectivity index (χ2v) is 5.49. The van der Waals surface area contributed by atoms with Crippen molar-refractivity contribution in [2.75, 3.05) is 6.61 Å². The highest BCUT2D eigenvalue weighted by molar-refractivity contribution is 9.10. The van der Waals surface area contributed by atoms with Gasteiger partial charge in [0.2, 0.25) is 0 Å². The zero-order chi connectivity index (χ0) is 14.2. The van der Waals surface area contributed by atoms with Gasteiger partial charge in [-0.05, 0) is 24.1 Å². The number of hydrogen-bond acceptors (Lipinski definition) is 2. The van der Waals surface area contributed by atoms with Crippen molar-refractivity contribution in [1.29, 1.82) is 0 Å². The summed E-state index contributed by atoms with van der Waals surface area (Å²) in [5.41, 5.74) is 1.92. The molecule has 0 fully saturated rings. The minimum Gasteiger partial charge on any atom is -0.377 e. The number of carbonyl (C=O) groups is 1. The summed E-state index contributed by atoms with van der Waals surface area (Å²) < 4.78 is 6.55. The van der Waals surface area contributed by atoms with E-state index in [0.29, 0.717) is 19.6 Å². The van der Waals surface area contributed by atoms with Crippen molar-refractivity contribution in [1.82, 2.24) is 0 Å². The molecule has 0 unspecified atom stereocenters. The zero-order valence-electron chi connectivity index (χ0n) is 11.2. The highest BCUT2D eigenvalue weighted by atomic mass is 79.9. The number of Topliss-reactive ketones (excluding diaryl/α,β-unsaturated/α-hetero) is 1. The molecule has 0 saturated carbocycles. The van der Waals surface area contributed by atoms with Gasteiger partial charge in [0, 0.05) is 23.1 Å². The summed E-state index contributed by atoms with van der Waals surface area (Å²) in [6.07, 6.45) is 1.28. The fourth-order valence-electron chi connectivity index (χ4n) is 1.88. The maximum absolute atomic E-state index is 11.9. The van der Waals surface area contributed by atoms with Crippen LogP contribution in [0, 0.1) is 0 Å². The van der Waals surface area contributed by atoms with Crippen LogP contribution in [-0.2, 0) is 11.3 Å².